The Morgan fingerprint density at radius 2 is 1.80 bits per heavy atom. The van der Waals surface area contributed by atoms with Gasteiger partial charge in [0.2, 0.25) is 0 Å². The lowest BCUT2D eigenvalue weighted by atomic mass is 9.98. The third-order valence-electron chi connectivity index (χ3n) is 5.84. The van der Waals surface area contributed by atoms with E-state index >= 15 is 0 Å². The molecule has 1 fully saturated rings. The highest BCUT2D eigenvalue weighted by Crippen LogP contribution is 2.45. The summed E-state index contributed by atoms with van der Waals surface area (Å²) in [5, 5.41) is 11.3. The molecule has 35 heavy (non-hydrogen) atoms. The highest BCUT2D eigenvalue weighted by atomic mass is 16.5. The molecule has 4 rings (SSSR count). The van der Waals surface area contributed by atoms with Crippen molar-refractivity contribution >= 4 is 23.1 Å². The van der Waals surface area contributed by atoms with Crippen LogP contribution in [0.1, 0.15) is 42.5 Å². The minimum Gasteiger partial charge on any atom is -0.507 e. The summed E-state index contributed by atoms with van der Waals surface area (Å²) in [4.78, 5) is 27.9. The Bertz CT molecular complexity index is 1300. The van der Waals surface area contributed by atoms with Crippen LogP contribution in [0, 0.1) is 19.8 Å². The number of ether oxygens (including phenoxy) is 2. The molecule has 1 atom stereocenters. The summed E-state index contributed by atoms with van der Waals surface area (Å²) in [6.07, 6.45) is 0. The molecular formula is C28H29NO6. The second kappa shape index (κ2) is 9.70. The van der Waals surface area contributed by atoms with E-state index in [4.69, 9.17) is 13.9 Å². The molecule has 1 aromatic heterocycles. The lowest BCUT2D eigenvalue weighted by molar-refractivity contribution is -0.132. The maximum Gasteiger partial charge on any atom is 0.300 e. The normalized spacial score (nSPS) is 17.3. The van der Waals surface area contributed by atoms with E-state index < -0.39 is 17.7 Å². The number of rotatable bonds is 7. The van der Waals surface area contributed by atoms with Crippen molar-refractivity contribution in [3.05, 3.63) is 82.8 Å². The number of aliphatic hydroxyl groups excluding tert-OH is 1. The van der Waals surface area contributed by atoms with E-state index in [1.807, 2.05) is 6.92 Å². The van der Waals surface area contributed by atoms with Gasteiger partial charge in [-0.05, 0) is 67.8 Å². The number of nitrogens with zero attached hydrogens (tertiary/aromatic N) is 1. The number of Topliss-reactive ketones (excluding diaryl/α,β-unsaturated/α-hetero) is 1. The van der Waals surface area contributed by atoms with E-state index in [-0.39, 0.29) is 11.3 Å². The van der Waals surface area contributed by atoms with Crippen LogP contribution in [0.3, 0.4) is 0 Å². The largest absolute Gasteiger partial charge is 0.507 e. The molecule has 2 heterocycles. The molecule has 2 aromatic carbocycles. The predicted octanol–water partition coefficient (Wildman–Crippen LogP) is 5.57. The summed E-state index contributed by atoms with van der Waals surface area (Å²) < 4.78 is 17.1. The average molecular weight is 476 g/mol. The van der Waals surface area contributed by atoms with Gasteiger partial charge in [-0.3, -0.25) is 14.5 Å². The zero-order valence-electron chi connectivity index (χ0n) is 20.5. The van der Waals surface area contributed by atoms with Crippen LogP contribution in [-0.4, -0.2) is 30.5 Å². The molecule has 1 saturated heterocycles. The van der Waals surface area contributed by atoms with Gasteiger partial charge in [-0.25, -0.2) is 0 Å². The number of anilines is 1. The number of hydrogen-bond acceptors (Lipinski definition) is 6. The van der Waals surface area contributed by atoms with Gasteiger partial charge in [0, 0.05) is 5.56 Å². The van der Waals surface area contributed by atoms with Crippen LogP contribution in [0.2, 0.25) is 0 Å². The maximum atomic E-state index is 13.3. The van der Waals surface area contributed by atoms with Gasteiger partial charge in [0.25, 0.3) is 11.7 Å². The number of hydrogen-bond donors (Lipinski definition) is 1. The number of aliphatic hydroxyl groups is 1. The second-order valence-electron chi connectivity index (χ2n) is 8.97. The molecule has 1 aliphatic rings. The fraction of sp³-hybridized carbons (Fsp3) is 0.286. The van der Waals surface area contributed by atoms with Gasteiger partial charge in [-0.15, -0.1) is 0 Å². The summed E-state index contributed by atoms with van der Waals surface area (Å²) in [5.74, 6) is 0.612. The van der Waals surface area contributed by atoms with Gasteiger partial charge in [0.15, 0.2) is 0 Å². The molecule has 0 bridgehead atoms. The molecule has 0 aliphatic carbocycles. The van der Waals surface area contributed by atoms with Gasteiger partial charge in [0.1, 0.15) is 34.8 Å². The first kappa shape index (κ1) is 24.1. The number of ketones is 1. The SMILES string of the molecule is COc1ccccc1N1C(=O)C(=O)/C(=C(\O)c2ccc(OCC(C)C)c(C)c2)C1c1ccc(C)o1. The standard InChI is InChI=1S/C28H29NO6/c1-16(2)15-34-21-13-11-19(14-17(21)3)26(30)24-25(23-12-10-18(4)35-23)29(28(32)27(24)31)20-8-6-7-9-22(20)33-5/h6-14,16,25,30H,15H2,1-5H3/b26-24-. The van der Waals surface area contributed by atoms with Crippen molar-refractivity contribution in [2.45, 2.75) is 33.7 Å². The zero-order chi connectivity index (χ0) is 25.3. The summed E-state index contributed by atoms with van der Waals surface area (Å²) in [6.45, 7) is 8.33. The third kappa shape index (κ3) is 4.54. The Hall–Kier alpha value is -4.00. The number of benzene rings is 2. The molecule has 1 amide bonds. The van der Waals surface area contributed by atoms with Crippen molar-refractivity contribution in [1.29, 1.82) is 0 Å². The number of para-hydroxylation sites is 2. The van der Waals surface area contributed by atoms with Crippen molar-refractivity contribution in [3.8, 4) is 11.5 Å². The van der Waals surface area contributed by atoms with E-state index in [9.17, 15) is 14.7 Å². The number of amides is 1. The molecule has 0 spiro atoms. The fourth-order valence-corrected chi connectivity index (χ4v) is 4.15. The van der Waals surface area contributed by atoms with Crippen molar-refractivity contribution in [3.63, 3.8) is 0 Å². The van der Waals surface area contributed by atoms with Gasteiger partial charge >= 0.3 is 0 Å². The van der Waals surface area contributed by atoms with Crippen LogP contribution >= 0.6 is 0 Å². The molecule has 7 heteroatoms. The molecule has 1 N–H and O–H groups in total. The molecule has 3 aromatic rings. The van der Waals surface area contributed by atoms with Crippen LogP contribution in [0.4, 0.5) is 5.69 Å². The smallest absolute Gasteiger partial charge is 0.300 e. The predicted molar refractivity (Wildman–Crippen MR) is 133 cm³/mol. The minimum absolute atomic E-state index is 0.0505. The maximum absolute atomic E-state index is 13.3. The van der Waals surface area contributed by atoms with E-state index in [1.165, 1.54) is 12.0 Å². The van der Waals surface area contributed by atoms with Crippen molar-refractivity contribution in [1.82, 2.24) is 0 Å². The lowest BCUT2D eigenvalue weighted by Crippen LogP contribution is -2.29. The monoisotopic (exact) mass is 475 g/mol. The molecule has 7 nitrogen and oxygen atoms in total. The highest BCUT2D eigenvalue weighted by molar-refractivity contribution is 6.51. The Kier molecular flexibility index (Phi) is 6.69. The van der Waals surface area contributed by atoms with Crippen LogP contribution in [0.15, 0.2) is 64.6 Å². The first-order valence-corrected chi connectivity index (χ1v) is 11.5. The van der Waals surface area contributed by atoms with E-state index in [0.717, 1.165) is 5.56 Å². The van der Waals surface area contributed by atoms with Gasteiger partial charge < -0.3 is 19.0 Å². The molecular weight excluding hydrogens is 446 g/mol. The summed E-state index contributed by atoms with van der Waals surface area (Å²) >= 11 is 0. The van der Waals surface area contributed by atoms with Crippen molar-refractivity contribution in [2.75, 3.05) is 18.6 Å². The average Bonchev–Trinajstić information content (AvgIpc) is 3.38. The Balaban J connectivity index is 1.86. The second-order valence-corrected chi connectivity index (χ2v) is 8.97. The number of carbonyl (C=O) groups excluding carboxylic acids is 2. The molecule has 1 aliphatic heterocycles. The van der Waals surface area contributed by atoms with Crippen LogP contribution in [-0.2, 0) is 9.59 Å². The number of furan rings is 1. The van der Waals surface area contributed by atoms with E-state index in [0.29, 0.717) is 46.8 Å². The minimum atomic E-state index is -0.961. The first-order valence-electron chi connectivity index (χ1n) is 11.5. The Morgan fingerprint density at radius 1 is 1.06 bits per heavy atom. The first-order chi connectivity index (χ1) is 16.7. The quantitative estimate of drug-likeness (QED) is 0.273. The van der Waals surface area contributed by atoms with Gasteiger partial charge in [-0.1, -0.05) is 26.0 Å². The molecule has 0 saturated carbocycles. The third-order valence-corrected chi connectivity index (χ3v) is 5.84. The van der Waals surface area contributed by atoms with Crippen LogP contribution in [0.25, 0.3) is 5.76 Å². The lowest BCUT2D eigenvalue weighted by Gasteiger charge is -2.25. The van der Waals surface area contributed by atoms with Crippen LogP contribution < -0.4 is 14.4 Å². The molecule has 182 valence electrons. The number of aryl methyl sites for hydroxylation is 2. The summed E-state index contributed by atoms with van der Waals surface area (Å²) in [5.41, 5.74) is 1.57. The Morgan fingerprint density at radius 3 is 2.43 bits per heavy atom. The summed E-state index contributed by atoms with van der Waals surface area (Å²) in [6, 6.07) is 14.6. The summed E-state index contributed by atoms with van der Waals surface area (Å²) in [7, 11) is 1.49. The Labute approximate surface area is 204 Å². The topological polar surface area (TPSA) is 89.2 Å². The number of carbonyl (C=O) groups is 2. The van der Waals surface area contributed by atoms with E-state index in [1.54, 1.807) is 61.5 Å². The van der Waals surface area contributed by atoms with E-state index in [2.05, 4.69) is 13.8 Å². The number of methoxy groups -OCH3 is 1. The van der Waals surface area contributed by atoms with Crippen molar-refractivity contribution < 1.29 is 28.6 Å². The highest BCUT2D eigenvalue weighted by Gasteiger charge is 2.49. The molecule has 1 unspecified atom stereocenters. The molecule has 0 radical (unpaired) electrons. The fourth-order valence-electron chi connectivity index (χ4n) is 4.15. The van der Waals surface area contributed by atoms with Crippen molar-refractivity contribution in [2.24, 2.45) is 5.92 Å². The zero-order valence-corrected chi connectivity index (χ0v) is 20.5. The van der Waals surface area contributed by atoms with Gasteiger partial charge in [0.05, 0.1) is 25.0 Å². The van der Waals surface area contributed by atoms with Crippen LogP contribution in [0.5, 0.6) is 11.5 Å². The van der Waals surface area contributed by atoms with Gasteiger partial charge in [-0.2, -0.15) is 0 Å².